The molecule has 3 rings (SSSR count). The van der Waals surface area contributed by atoms with Gasteiger partial charge in [-0.05, 0) is 54.5 Å². The molecule has 2 aromatic carbocycles. The molecule has 1 aliphatic rings. The second-order valence-corrected chi connectivity index (χ2v) is 6.96. The van der Waals surface area contributed by atoms with Crippen LogP contribution in [0.25, 0.3) is 6.08 Å². The topological polar surface area (TPSA) is 57.1 Å². The minimum absolute atomic E-state index is 0.107. The predicted molar refractivity (Wildman–Crippen MR) is 110 cm³/mol. The number of halogens is 2. The molecule has 28 heavy (non-hydrogen) atoms. The van der Waals surface area contributed by atoms with E-state index >= 15 is 0 Å². The zero-order chi connectivity index (χ0) is 20.3. The number of methoxy groups -OCH3 is 1. The number of cyclic esters (lactones) is 1. The lowest BCUT2D eigenvalue weighted by Crippen LogP contribution is -2.06. The molecule has 0 saturated heterocycles. The number of nitrogens with zero attached hydrogens (tertiary/aromatic N) is 1. The van der Waals surface area contributed by atoms with E-state index in [4.69, 9.17) is 37.4 Å². The molecule has 1 aliphatic heterocycles. The Bertz CT molecular complexity index is 1010. The van der Waals surface area contributed by atoms with Crippen LogP contribution in [0.4, 0.5) is 0 Å². The Labute approximate surface area is 172 Å². The van der Waals surface area contributed by atoms with Crippen LogP contribution in [0.1, 0.15) is 18.1 Å². The molecule has 2 aromatic rings. The van der Waals surface area contributed by atoms with E-state index in [0.717, 1.165) is 5.57 Å². The van der Waals surface area contributed by atoms with Gasteiger partial charge in [0.2, 0.25) is 5.90 Å². The summed E-state index contributed by atoms with van der Waals surface area (Å²) in [5.41, 5.74) is 2.16. The van der Waals surface area contributed by atoms with Gasteiger partial charge in [0.1, 0.15) is 6.61 Å². The molecule has 144 valence electrons. The third-order valence-electron chi connectivity index (χ3n) is 3.74. The first kappa shape index (κ1) is 20.0. The number of ether oxygens (including phenoxy) is 3. The molecule has 0 radical (unpaired) electrons. The second-order valence-electron chi connectivity index (χ2n) is 6.12. The fourth-order valence-electron chi connectivity index (χ4n) is 2.44. The first-order valence-corrected chi connectivity index (χ1v) is 9.06. The normalized spacial score (nSPS) is 14.6. The van der Waals surface area contributed by atoms with Crippen LogP contribution in [0.15, 0.2) is 59.2 Å². The van der Waals surface area contributed by atoms with Gasteiger partial charge in [0.25, 0.3) is 0 Å². The summed E-state index contributed by atoms with van der Waals surface area (Å²) in [5, 5.41) is 0.849. The van der Waals surface area contributed by atoms with Crippen molar-refractivity contribution in [1.82, 2.24) is 0 Å². The molecule has 1 heterocycles. The Morgan fingerprint density at radius 3 is 2.71 bits per heavy atom. The third-order valence-corrected chi connectivity index (χ3v) is 4.31. The van der Waals surface area contributed by atoms with Gasteiger partial charge in [0.15, 0.2) is 17.2 Å². The molecular formula is C21H17Cl2NO4. The summed E-state index contributed by atoms with van der Waals surface area (Å²) in [5.74, 6) is 0.642. The maximum atomic E-state index is 12.2. The second kappa shape index (κ2) is 8.50. The maximum Gasteiger partial charge on any atom is 0.363 e. The summed E-state index contributed by atoms with van der Waals surface area (Å²) in [6.45, 7) is 6.04. The van der Waals surface area contributed by atoms with E-state index in [9.17, 15) is 4.79 Å². The van der Waals surface area contributed by atoms with Crippen LogP contribution in [0.3, 0.4) is 0 Å². The highest BCUT2D eigenvalue weighted by Gasteiger charge is 2.26. The molecule has 0 bridgehead atoms. The fraction of sp³-hybridized carbons (Fsp3) is 0.143. The Hall–Kier alpha value is -2.76. The molecule has 7 heteroatoms. The van der Waals surface area contributed by atoms with Crippen molar-refractivity contribution in [2.75, 3.05) is 13.7 Å². The number of esters is 1. The molecular weight excluding hydrogens is 401 g/mol. The summed E-state index contributed by atoms with van der Waals surface area (Å²) in [6, 6.07) is 10.1. The van der Waals surface area contributed by atoms with Gasteiger partial charge in [0, 0.05) is 5.02 Å². The van der Waals surface area contributed by atoms with Gasteiger partial charge in [-0.15, -0.1) is 0 Å². The van der Waals surface area contributed by atoms with Gasteiger partial charge in [0.05, 0.1) is 17.7 Å². The number of hydrogen-bond acceptors (Lipinski definition) is 5. The minimum atomic E-state index is -0.578. The van der Waals surface area contributed by atoms with Gasteiger partial charge >= 0.3 is 5.97 Å². The Balaban J connectivity index is 1.93. The molecule has 0 amide bonds. The summed E-state index contributed by atoms with van der Waals surface area (Å²) in [7, 11) is 1.56. The van der Waals surface area contributed by atoms with Crippen molar-refractivity contribution in [3.8, 4) is 11.5 Å². The van der Waals surface area contributed by atoms with E-state index in [-0.39, 0.29) is 11.6 Å². The fourth-order valence-corrected chi connectivity index (χ4v) is 2.81. The average Bonchev–Trinajstić information content (AvgIpc) is 3.02. The van der Waals surface area contributed by atoms with Gasteiger partial charge in [-0.2, -0.15) is 0 Å². The highest BCUT2D eigenvalue weighted by Crippen LogP contribution is 2.31. The standard InChI is InChI=1S/C21H17Cl2NO4/c1-12(2)11-27-19-9-13(4-7-18(19)26-3)8-17-21(25)28-20(24-17)15-10-14(22)5-6-16(15)23/h4-10H,1,11H2,2-3H3/b17-8-. The molecule has 0 saturated carbocycles. The van der Waals surface area contributed by atoms with Crippen LogP contribution in [0, 0.1) is 0 Å². The predicted octanol–water partition coefficient (Wildman–Crippen LogP) is 5.30. The van der Waals surface area contributed by atoms with E-state index in [1.807, 2.05) is 6.92 Å². The molecule has 0 spiro atoms. The van der Waals surface area contributed by atoms with Crippen molar-refractivity contribution >= 4 is 41.1 Å². The number of aliphatic imine (C=N–C) groups is 1. The number of carbonyl (C=O) groups excluding carboxylic acids is 1. The van der Waals surface area contributed by atoms with E-state index in [1.54, 1.807) is 49.6 Å². The van der Waals surface area contributed by atoms with E-state index in [2.05, 4.69) is 11.6 Å². The Morgan fingerprint density at radius 1 is 1.21 bits per heavy atom. The van der Waals surface area contributed by atoms with Gasteiger partial charge < -0.3 is 14.2 Å². The molecule has 0 atom stereocenters. The molecule has 5 nitrogen and oxygen atoms in total. The lowest BCUT2D eigenvalue weighted by Gasteiger charge is -2.11. The van der Waals surface area contributed by atoms with Crippen molar-refractivity contribution in [2.45, 2.75) is 6.92 Å². The molecule has 0 fully saturated rings. The van der Waals surface area contributed by atoms with Crippen molar-refractivity contribution in [1.29, 1.82) is 0 Å². The van der Waals surface area contributed by atoms with Crippen molar-refractivity contribution in [2.24, 2.45) is 4.99 Å². The Kier molecular flexibility index (Phi) is 6.07. The van der Waals surface area contributed by atoms with Crippen molar-refractivity contribution < 1.29 is 19.0 Å². The van der Waals surface area contributed by atoms with Crippen LogP contribution in [0.2, 0.25) is 10.0 Å². The number of hydrogen-bond donors (Lipinski definition) is 0. The first-order chi connectivity index (χ1) is 13.4. The number of rotatable bonds is 6. The summed E-state index contributed by atoms with van der Waals surface area (Å²) < 4.78 is 16.3. The van der Waals surface area contributed by atoms with Crippen molar-refractivity contribution in [3.63, 3.8) is 0 Å². The Morgan fingerprint density at radius 2 is 2.00 bits per heavy atom. The molecule has 0 unspecified atom stereocenters. The minimum Gasteiger partial charge on any atom is -0.493 e. The lowest BCUT2D eigenvalue weighted by molar-refractivity contribution is -0.129. The quantitative estimate of drug-likeness (QED) is 0.363. The highest BCUT2D eigenvalue weighted by molar-refractivity contribution is 6.36. The summed E-state index contributed by atoms with van der Waals surface area (Å²) in [4.78, 5) is 16.5. The zero-order valence-corrected chi connectivity index (χ0v) is 16.8. The van der Waals surface area contributed by atoms with E-state index in [1.165, 1.54) is 0 Å². The lowest BCUT2D eigenvalue weighted by atomic mass is 10.1. The van der Waals surface area contributed by atoms with Crippen LogP contribution < -0.4 is 9.47 Å². The van der Waals surface area contributed by atoms with Crippen LogP contribution in [0.5, 0.6) is 11.5 Å². The maximum absolute atomic E-state index is 12.2. The van der Waals surface area contributed by atoms with Gasteiger partial charge in [-0.1, -0.05) is 35.8 Å². The van der Waals surface area contributed by atoms with Gasteiger partial charge in [-0.3, -0.25) is 0 Å². The average molecular weight is 418 g/mol. The largest absolute Gasteiger partial charge is 0.493 e. The summed E-state index contributed by atoms with van der Waals surface area (Å²) in [6.07, 6.45) is 1.60. The summed E-state index contributed by atoms with van der Waals surface area (Å²) >= 11 is 12.2. The number of carbonyl (C=O) groups is 1. The zero-order valence-electron chi connectivity index (χ0n) is 15.3. The molecule has 0 aromatic heterocycles. The van der Waals surface area contributed by atoms with E-state index in [0.29, 0.717) is 39.3 Å². The highest BCUT2D eigenvalue weighted by atomic mass is 35.5. The van der Waals surface area contributed by atoms with E-state index < -0.39 is 5.97 Å². The van der Waals surface area contributed by atoms with Gasteiger partial charge in [-0.25, -0.2) is 9.79 Å². The first-order valence-electron chi connectivity index (χ1n) is 8.30. The van der Waals surface area contributed by atoms with Crippen LogP contribution in [-0.4, -0.2) is 25.6 Å². The van der Waals surface area contributed by atoms with Crippen LogP contribution >= 0.6 is 23.2 Å². The molecule has 0 aliphatic carbocycles. The van der Waals surface area contributed by atoms with Crippen LogP contribution in [-0.2, 0) is 9.53 Å². The molecule has 0 N–H and O–H groups in total. The SMILES string of the molecule is C=C(C)COc1cc(/C=C2\N=C(c3cc(Cl)ccc3Cl)OC2=O)ccc1OC. The smallest absolute Gasteiger partial charge is 0.363 e. The monoisotopic (exact) mass is 417 g/mol. The van der Waals surface area contributed by atoms with Crippen molar-refractivity contribution in [3.05, 3.63) is 75.4 Å². The third kappa shape index (κ3) is 4.55. The number of benzene rings is 2.